The van der Waals surface area contributed by atoms with Crippen molar-refractivity contribution in [2.45, 2.75) is 165 Å². The molecule has 23 nitrogen and oxygen atoms in total. The summed E-state index contributed by atoms with van der Waals surface area (Å²) in [6.45, 7) is 34.5. The molecule has 0 aromatic heterocycles. The van der Waals surface area contributed by atoms with E-state index in [2.05, 4.69) is 130 Å². The van der Waals surface area contributed by atoms with Crippen LogP contribution in [-0.2, 0) is 64.4 Å². The molecule has 0 unspecified atom stereocenters. The van der Waals surface area contributed by atoms with E-state index in [1.54, 1.807) is 114 Å². The van der Waals surface area contributed by atoms with Crippen molar-refractivity contribution in [3.63, 3.8) is 0 Å². The molecule has 10 aromatic carbocycles. The molecule has 10 rings (SSSR count). The van der Waals surface area contributed by atoms with Crippen LogP contribution < -0.4 is 43.4 Å². The minimum Gasteiger partial charge on any atom is -0.496 e. The highest BCUT2D eigenvalue weighted by atomic mass is 79.9. The first-order valence-corrected chi connectivity index (χ1v) is 47.5. The summed E-state index contributed by atoms with van der Waals surface area (Å²) in [6, 6.07) is 51.9. The summed E-state index contributed by atoms with van der Waals surface area (Å²) in [7, 11) is 11.3. The lowest BCUT2D eigenvalue weighted by Crippen LogP contribution is -2.31. The first-order chi connectivity index (χ1) is 63.3. The fourth-order valence-corrected chi connectivity index (χ4v) is 15.1. The quantitative estimate of drug-likeness (QED) is 0.0226. The average molecular weight is 2320 g/mol. The van der Waals surface area contributed by atoms with Crippen molar-refractivity contribution in [3.05, 3.63) is 277 Å². The summed E-state index contributed by atoms with van der Waals surface area (Å²) >= 11 is 29.6. The van der Waals surface area contributed by atoms with Crippen molar-refractivity contribution < 1.29 is 91.9 Å². The Balaban J connectivity index is 0.000000520. The van der Waals surface area contributed by atoms with Gasteiger partial charge in [0.05, 0.1) is 177 Å². The molecule has 722 valence electrons. The molecular weight excluding hydrogens is 2200 g/mol. The minimum atomic E-state index is -1.50. The zero-order valence-electron chi connectivity index (χ0n) is 80.7. The van der Waals surface area contributed by atoms with Gasteiger partial charge in [-0.25, -0.2) is 4.79 Å². The summed E-state index contributed by atoms with van der Waals surface area (Å²) in [5.74, 6) is 3.97. The number of nitrogens with zero attached hydrogens (tertiary/aromatic N) is 4. The number of benzene rings is 10. The highest BCUT2D eigenvalue weighted by Crippen LogP contribution is 2.42. The second-order valence-corrected chi connectivity index (χ2v) is 37.8. The number of nitriles is 4. The molecule has 0 radical (unpaired) electrons. The fraction of sp³-hybridized carbons (Fsp3) is 0.340. The molecule has 32 heteroatoms. The number of carbonyl (C=O) groups excluding carboxylic acids is 2. The molecule has 0 fully saturated rings. The lowest BCUT2D eigenvalue weighted by atomic mass is 9.80. The van der Waals surface area contributed by atoms with Crippen LogP contribution in [-0.4, -0.2) is 126 Å². The topological polar surface area (TPSA) is 357 Å². The SMILES string of the molecule is CCOC(=O)C(C)(C)c1cc(C)c(-c2cccc(C#N)c2)c(OC)c1.CCOC(=O)C(C)(C)c1cc(C)c(Br)c(OC)c1.COc1cc(C(=O)O)cc(C)c1Br.COc1cc(C(C)(C)C#N)cc(C)c1Br.COc1cc(C(C)(C)C(=O)O)cc(C)c1Br.COc1cc(CC#N)cc(C)c1Br.COc1cc(CCl)cc(C)c1Br.COc1cc(CO)cc(C)c1Br.N#Cc1cccc(B(O)O)c1. The molecule has 0 amide bonds. The van der Waals surface area contributed by atoms with Gasteiger partial charge >= 0.3 is 31.0 Å². The van der Waals surface area contributed by atoms with Gasteiger partial charge in [-0.3, -0.25) is 14.4 Å². The van der Waals surface area contributed by atoms with Gasteiger partial charge in [-0.2, -0.15) is 21.0 Å². The van der Waals surface area contributed by atoms with E-state index in [1.807, 2.05) is 200 Å². The van der Waals surface area contributed by atoms with Crippen molar-refractivity contribution >= 4 is 160 Å². The van der Waals surface area contributed by atoms with Gasteiger partial charge in [0, 0.05) is 11.4 Å². The summed E-state index contributed by atoms with van der Waals surface area (Å²) < 4.78 is 58.5. The normalized spacial score (nSPS) is 10.4. The number of carboxylic acid groups (broad SMARTS) is 2. The van der Waals surface area contributed by atoms with Gasteiger partial charge < -0.3 is 72.7 Å². The number of hydrogen-bond acceptors (Lipinski definition) is 21. The van der Waals surface area contributed by atoms with E-state index in [4.69, 9.17) is 105 Å². The van der Waals surface area contributed by atoms with E-state index in [0.29, 0.717) is 59.4 Å². The molecule has 0 saturated carbocycles. The predicted molar refractivity (Wildman–Crippen MR) is 557 cm³/mol. The maximum atomic E-state index is 12.3. The Morgan fingerprint density at radius 1 is 0.393 bits per heavy atom. The molecule has 135 heavy (non-hydrogen) atoms. The average Bonchev–Trinajstić information content (AvgIpc) is 0.770. The maximum Gasteiger partial charge on any atom is 0.488 e. The van der Waals surface area contributed by atoms with Crippen LogP contribution in [0.25, 0.3) is 11.1 Å². The first-order valence-electron chi connectivity index (χ1n) is 41.5. The number of rotatable bonds is 23. The van der Waals surface area contributed by atoms with E-state index in [9.17, 15) is 19.2 Å². The van der Waals surface area contributed by atoms with E-state index in [-0.39, 0.29) is 24.1 Å². The molecule has 0 bridgehead atoms. The number of hydrogen-bond donors (Lipinski definition) is 5. The molecule has 0 spiro atoms. The van der Waals surface area contributed by atoms with Crippen molar-refractivity contribution in [3.8, 4) is 81.4 Å². The third-order valence-corrected chi connectivity index (χ3v) is 27.9. The number of halogens is 8. The molecular formula is C103H117BBr7ClN4O19. The number of alkyl halides is 1. The third kappa shape index (κ3) is 35.5. The smallest absolute Gasteiger partial charge is 0.488 e. The van der Waals surface area contributed by atoms with Gasteiger partial charge in [0.15, 0.2) is 0 Å². The molecule has 0 saturated heterocycles. The highest BCUT2D eigenvalue weighted by molar-refractivity contribution is 9.11. The monoisotopic (exact) mass is 2310 g/mol. The lowest BCUT2D eigenvalue weighted by molar-refractivity contribution is -0.149. The van der Waals surface area contributed by atoms with Crippen LogP contribution in [0, 0.1) is 101 Å². The Hall–Kier alpha value is -9.97. The molecule has 10 aromatic rings. The van der Waals surface area contributed by atoms with Crippen LogP contribution in [0.15, 0.2) is 177 Å². The molecule has 0 heterocycles. The molecule has 0 aliphatic rings. The second-order valence-electron chi connectivity index (χ2n) is 32.0. The maximum absolute atomic E-state index is 12.3. The van der Waals surface area contributed by atoms with Gasteiger partial charge in [0.25, 0.3) is 0 Å². The lowest BCUT2D eigenvalue weighted by Gasteiger charge is -2.25. The van der Waals surface area contributed by atoms with Gasteiger partial charge in [0.1, 0.15) is 46.0 Å². The number of aliphatic hydroxyl groups excluding tert-OH is 1. The van der Waals surface area contributed by atoms with Crippen LogP contribution in [0.1, 0.15) is 174 Å². The number of ether oxygens (including phenoxy) is 10. The van der Waals surface area contributed by atoms with E-state index in [1.165, 1.54) is 19.2 Å². The molecule has 5 N–H and O–H groups in total. The second kappa shape index (κ2) is 57.9. The number of aliphatic carboxylic acids is 1. The number of aromatic carboxylic acids is 1. The fourth-order valence-electron chi connectivity index (χ4n) is 12.2. The first kappa shape index (κ1) is 121. The largest absolute Gasteiger partial charge is 0.496 e. The standard InChI is InChI=1S/C21H23NO3.C14H19BrO3.C12H14BrNO.C12H15BrO3.C10H10BrNO.C9H10BrClO.C9H9BrO3.C9H11BrO2.C7H6BNO2/c1-6-25-20(23)21(3,4)17-10-14(2)19(18(12-17)24-5)16-9-7-8-15(11-16)13-22;1-6-18-13(16)14(3,4)10-7-9(2)12(15)11(8-10)17-5;1-8-5-9(12(2,3)7-14)6-10(15-4)11(8)13;1-7-5-8(12(2,3)11(14)15)6-9(16-4)10(7)13;1-7-5-8(3-4-12)6-9(13-2)10(7)11;1-6-3-7(5-11)4-8(12-2)9(6)10;1-5-3-6(9(11)12)4-7(13-2)8(5)10;1-6-3-7(5-11)4-8(12-2)9(6)10;9-5-6-2-1-3-7(4-6)8(10)11/h7-12H,6H2,1-5H3;7-8H,6H2,1-5H3;5-6H,1-4H3;5-6H,1-4H3,(H,14,15);5-6H,3H2,1-2H3;3-4H,5H2,1-2H3;3-4H,1-2H3,(H,11,12);3-4,11H,5H2,1-2H3;1-4,10-11H. The summed E-state index contributed by atoms with van der Waals surface area (Å²) in [4.78, 5) is 46.1. The van der Waals surface area contributed by atoms with Crippen LogP contribution in [0.2, 0.25) is 0 Å². The van der Waals surface area contributed by atoms with Crippen molar-refractivity contribution in [2.24, 2.45) is 0 Å². The van der Waals surface area contributed by atoms with Crippen molar-refractivity contribution in [1.82, 2.24) is 0 Å². The third-order valence-electron chi connectivity index (χ3n) is 20.5. The van der Waals surface area contributed by atoms with Gasteiger partial charge in [0.2, 0.25) is 0 Å². The van der Waals surface area contributed by atoms with Crippen molar-refractivity contribution in [2.75, 3.05) is 70.1 Å². The van der Waals surface area contributed by atoms with E-state index < -0.39 is 40.7 Å². The zero-order valence-corrected chi connectivity index (χ0v) is 92.6. The Morgan fingerprint density at radius 3 is 1.07 bits per heavy atom. The number of esters is 2. The zero-order chi connectivity index (χ0) is 103. The minimum absolute atomic E-state index is 0.0461. The number of carbonyl (C=O) groups is 4. The molecule has 0 aliphatic carbocycles. The number of carboxylic acids is 2. The Kier molecular flexibility index (Phi) is 52.0. The predicted octanol–water partition coefficient (Wildman–Crippen LogP) is 25.0. The van der Waals surface area contributed by atoms with E-state index in [0.717, 1.165) is 155 Å². The van der Waals surface area contributed by atoms with E-state index >= 15 is 0 Å². The van der Waals surface area contributed by atoms with Crippen LogP contribution >= 0.6 is 123 Å². The Labute approximate surface area is 858 Å². The van der Waals surface area contributed by atoms with Crippen molar-refractivity contribution in [1.29, 1.82) is 21.0 Å². The molecule has 0 atom stereocenters. The van der Waals surface area contributed by atoms with Crippen LogP contribution in [0.3, 0.4) is 0 Å². The Morgan fingerprint density at radius 2 is 0.711 bits per heavy atom. The van der Waals surface area contributed by atoms with Crippen LogP contribution in [0.5, 0.6) is 46.0 Å². The number of methoxy groups -OCH3 is 8. The Bertz CT molecular complexity index is 5860. The number of aliphatic hydroxyl groups is 1. The number of aryl methyl sites for hydroxylation is 8. The summed E-state index contributed by atoms with van der Waals surface area (Å²) in [5, 5.41) is 79.4. The van der Waals surface area contributed by atoms with Crippen LogP contribution in [0.4, 0.5) is 0 Å². The van der Waals surface area contributed by atoms with Gasteiger partial charge in [-0.1, -0.05) is 66.7 Å². The summed E-state index contributed by atoms with van der Waals surface area (Å²) in [5.41, 5.74) is 15.1. The molecule has 0 aliphatic heterocycles. The summed E-state index contributed by atoms with van der Waals surface area (Å²) in [6.07, 6.45) is 0.421. The van der Waals surface area contributed by atoms with Gasteiger partial charge in [-0.15, -0.1) is 11.6 Å². The van der Waals surface area contributed by atoms with Gasteiger partial charge in [-0.05, 0) is 409 Å². The highest BCUT2D eigenvalue weighted by Gasteiger charge is 2.35.